The Morgan fingerprint density at radius 3 is 2.92 bits per heavy atom. The number of fused-ring (bicyclic) bond motifs is 1. The molecule has 0 aliphatic heterocycles. The summed E-state index contributed by atoms with van der Waals surface area (Å²) in [5, 5.41) is 5.33. The first-order valence-electron chi connectivity index (χ1n) is 7.81. The molecule has 6 nitrogen and oxygen atoms in total. The molecular weight excluding hydrogens is 358 g/mol. The van der Waals surface area contributed by atoms with Gasteiger partial charge < -0.3 is 10.1 Å². The summed E-state index contributed by atoms with van der Waals surface area (Å²) in [6, 6.07) is 3.93. The lowest BCUT2D eigenvalue weighted by Crippen LogP contribution is -2.39. The van der Waals surface area contributed by atoms with Gasteiger partial charge in [-0.3, -0.25) is 14.2 Å². The minimum absolute atomic E-state index is 0.0609. The Morgan fingerprint density at radius 1 is 1.44 bits per heavy atom. The molecule has 1 atom stereocenters. The number of ether oxygens (including phenoxy) is 1. The number of nitrogens with one attached hydrogen (secondary N) is 1. The smallest absolute Gasteiger partial charge is 0.263 e. The van der Waals surface area contributed by atoms with Crippen molar-refractivity contribution in [3.05, 3.63) is 39.1 Å². The SMILES string of the molecule is COC[C@H](C)NC(=O)Cn1cnc2scc(-c3ccc(C)s3)c2c1=O. The van der Waals surface area contributed by atoms with E-state index in [4.69, 9.17) is 4.74 Å². The number of carbonyl (C=O) groups is 1. The second-order valence-corrected chi connectivity index (χ2v) is 7.99. The fourth-order valence-corrected chi connectivity index (χ4v) is 4.47. The number of thiophene rings is 2. The molecule has 1 amide bonds. The number of methoxy groups -OCH3 is 1. The molecule has 0 saturated carbocycles. The third-order valence-corrected chi connectivity index (χ3v) is 5.62. The summed E-state index contributed by atoms with van der Waals surface area (Å²) in [4.78, 5) is 32.3. The summed E-state index contributed by atoms with van der Waals surface area (Å²) < 4.78 is 6.35. The highest BCUT2D eigenvalue weighted by atomic mass is 32.1. The summed E-state index contributed by atoms with van der Waals surface area (Å²) in [5.41, 5.74) is 0.694. The molecule has 1 N–H and O–H groups in total. The number of rotatable bonds is 6. The first kappa shape index (κ1) is 17.8. The highest BCUT2D eigenvalue weighted by Gasteiger charge is 2.16. The van der Waals surface area contributed by atoms with E-state index in [-0.39, 0.29) is 24.1 Å². The van der Waals surface area contributed by atoms with Crippen LogP contribution < -0.4 is 10.9 Å². The van der Waals surface area contributed by atoms with Gasteiger partial charge in [0.15, 0.2) is 0 Å². The van der Waals surface area contributed by atoms with Gasteiger partial charge in [-0.25, -0.2) is 4.98 Å². The number of amides is 1. The summed E-state index contributed by atoms with van der Waals surface area (Å²) in [6.45, 7) is 4.24. The maximum atomic E-state index is 12.9. The third-order valence-electron chi connectivity index (χ3n) is 3.70. The molecule has 0 fully saturated rings. The van der Waals surface area contributed by atoms with Crippen LogP contribution in [0.15, 0.2) is 28.6 Å². The lowest BCUT2D eigenvalue weighted by Gasteiger charge is -2.13. The standard InChI is InChI=1S/C17H19N3O3S2/c1-10(7-23-3)19-14(21)6-20-9-18-16-15(17(20)22)12(8-24-16)13-5-4-11(2)25-13/h4-5,8-10H,6-7H2,1-3H3,(H,19,21)/t10-/m0/s1. The van der Waals surface area contributed by atoms with E-state index in [9.17, 15) is 9.59 Å². The Bertz CT molecular complexity index is 958. The van der Waals surface area contributed by atoms with Crippen molar-refractivity contribution in [1.29, 1.82) is 0 Å². The van der Waals surface area contributed by atoms with Crippen molar-refractivity contribution < 1.29 is 9.53 Å². The van der Waals surface area contributed by atoms with E-state index in [0.29, 0.717) is 16.8 Å². The highest BCUT2D eigenvalue weighted by molar-refractivity contribution is 7.19. The number of aromatic nitrogens is 2. The molecule has 25 heavy (non-hydrogen) atoms. The average Bonchev–Trinajstić information content (AvgIpc) is 3.16. The molecular formula is C17H19N3O3S2. The largest absolute Gasteiger partial charge is 0.383 e. The van der Waals surface area contributed by atoms with Gasteiger partial charge in [0.2, 0.25) is 5.91 Å². The van der Waals surface area contributed by atoms with E-state index < -0.39 is 0 Å². The molecule has 3 aromatic heterocycles. The molecule has 0 aliphatic carbocycles. The molecule has 0 saturated heterocycles. The van der Waals surface area contributed by atoms with Gasteiger partial charge in [-0.05, 0) is 26.0 Å². The zero-order chi connectivity index (χ0) is 18.0. The predicted octanol–water partition coefficient (Wildman–Crippen LogP) is 2.65. The highest BCUT2D eigenvalue weighted by Crippen LogP contribution is 2.34. The van der Waals surface area contributed by atoms with Gasteiger partial charge in [-0.2, -0.15) is 0 Å². The molecule has 0 aliphatic rings. The van der Waals surface area contributed by atoms with Crippen molar-refractivity contribution in [2.45, 2.75) is 26.4 Å². The molecule has 3 heterocycles. The number of hydrogen-bond donors (Lipinski definition) is 1. The molecule has 3 rings (SSSR count). The number of hydrogen-bond acceptors (Lipinski definition) is 6. The van der Waals surface area contributed by atoms with Crippen molar-refractivity contribution in [2.24, 2.45) is 0 Å². The number of nitrogens with zero attached hydrogens (tertiary/aromatic N) is 2. The Balaban J connectivity index is 1.92. The molecule has 0 bridgehead atoms. The molecule has 0 aromatic carbocycles. The van der Waals surface area contributed by atoms with E-state index in [1.54, 1.807) is 18.4 Å². The van der Waals surface area contributed by atoms with E-state index >= 15 is 0 Å². The number of aryl methyl sites for hydroxylation is 1. The Kier molecular flexibility index (Phi) is 5.31. The second kappa shape index (κ2) is 7.47. The van der Waals surface area contributed by atoms with E-state index in [0.717, 1.165) is 10.4 Å². The fourth-order valence-electron chi connectivity index (χ4n) is 2.61. The van der Waals surface area contributed by atoms with Crippen LogP contribution in [0.3, 0.4) is 0 Å². The molecule has 8 heteroatoms. The maximum absolute atomic E-state index is 12.9. The summed E-state index contributed by atoms with van der Waals surface area (Å²) in [6.07, 6.45) is 1.44. The van der Waals surface area contributed by atoms with Gasteiger partial charge in [0.25, 0.3) is 5.56 Å². The predicted molar refractivity (Wildman–Crippen MR) is 101 cm³/mol. The zero-order valence-corrected chi connectivity index (χ0v) is 15.9. The average molecular weight is 377 g/mol. The second-order valence-electron chi connectivity index (χ2n) is 5.84. The van der Waals surface area contributed by atoms with Crippen molar-refractivity contribution in [1.82, 2.24) is 14.9 Å². The molecule has 132 valence electrons. The van der Waals surface area contributed by atoms with Crippen LogP contribution in [0.25, 0.3) is 20.7 Å². The van der Waals surface area contributed by atoms with Gasteiger partial charge in [0.1, 0.15) is 11.4 Å². The summed E-state index contributed by atoms with van der Waals surface area (Å²) in [7, 11) is 1.58. The normalized spacial score (nSPS) is 12.4. The maximum Gasteiger partial charge on any atom is 0.263 e. The Morgan fingerprint density at radius 2 is 2.24 bits per heavy atom. The van der Waals surface area contributed by atoms with Crippen LogP contribution in [0.1, 0.15) is 11.8 Å². The van der Waals surface area contributed by atoms with Gasteiger partial charge in [0.05, 0.1) is 18.3 Å². The molecule has 0 unspecified atom stereocenters. The first-order chi connectivity index (χ1) is 12.0. The van der Waals surface area contributed by atoms with Crippen LogP contribution in [0.4, 0.5) is 0 Å². The van der Waals surface area contributed by atoms with Crippen molar-refractivity contribution in [3.63, 3.8) is 0 Å². The monoisotopic (exact) mass is 377 g/mol. The molecule has 0 spiro atoms. The van der Waals surface area contributed by atoms with Gasteiger partial charge in [-0.1, -0.05) is 0 Å². The van der Waals surface area contributed by atoms with Crippen LogP contribution in [0.2, 0.25) is 0 Å². The Hall–Kier alpha value is -2.03. The van der Waals surface area contributed by atoms with Crippen LogP contribution >= 0.6 is 22.7 Å². The van der Waals surface area contributed by atoms with Gasteiger partial charge in [-0.15, -0.1) is 22.7 Å². The van der Waals surface area contributed by atoms with Crippen molar-refractivity contribution in [3.8, 4) is 10.4 Å². The lowest BCUT2D eigenvalue weighted by molar-refractivity contribution is -0.122. The first-order valence-corrected chi connectivity index (χ1v) is 9.51. The summed E-state index contributed by atoms with van der Waals surface area (Å²) >= 11 is 3.08. The Labute approximate surface area is 153 Å². The zero-order valence-electron chi connectivity index (χ0n) is 14.2. The number of carbonyl (C=O) groups excluding carboxylic acids is 1. The van der Waals surface area contributed by atoms with Crippen molar-refractivity contribution >= 4 is 38.8 Å². The minimum atomic E-state index is -0.239. The van der Waals surface area contributed by atoms with Crippen molar-refractivity contribution in [2.75, 3.05) is 13.7 Å². The summed E-state index contributed by atoms with van der Waals surface area (Å²) in [5.74, 6) is -0.239. The topological polar surface area (TPSA) is 73.2 Å². The van der Waals surface area contributed by atoms with Crippen LogP contribution in [-0.2, 0) is 16.1 Å². The van der Waals surface area contributed by atoms with Crippen LogP contribution in [0.5, 0.6) is 0 Å². The van der Waals surface area contributed by atoms with Crippen LogP contribution in [0, 0.1) is 6.92 Å². The third kappa shape index (κ3) is 3.81. The van der Waals surface area contributed by atoms with E-state index in [2.05, 4.69) is 10.3 Å². The molecule has 0 radical (unpaired) electrons. The lowest BCUT2D eigenvalue weighted by atomic mass is 10.2. The van der Waals surface area contributed by atoms with Gasteiger partial charge in [0, 0.05) is 33.8 Å². The fraction of sp³-hybridized carbons (Fsp3) is 0.353. The van der Waals surface area contributed by atoms with E-state index in [1.807, 2.05) is 31.4 Å². The van der Waals surface area contributed by atoms with Gasteiger partial charge >= 0.3 is 0 Å². The minimum Gasteiger partial charge on any atom is -0.383 e. The quantitative estimate of drug-likeness (QED) is 0.717. The van der Waals surface area contributed by atoms with Crippen LogP contribution in [-0.4, -0.2) is 35.2 Å². The molecule has 3 aromatic rings. The van der Waals surface area contributed by atoms with E-state index in [1.165, 1.54) is 27.1 Å².